The predicted octanol–water partition coefficient (Wildman–Crippen LogP) is 6.57. The van der Waals surface area contributed by atoms with Crippen molar-refractivity contribution >= 4 is 54.0 Å². The Morgan fingerprint density at radius 2 is 0.905 bits per heavy atom. The van der Waals surface area contributed by atoms with Crippen LogP contribution in [0.3, 0.4) is 0 Å². The van der Waals surface area contributed by atoms with Crippen molar-refractivity contribution in [2.75, 3.05) is 10.2 Å². The Kier molecular flexibility index (Phi) is 10.6. The monoisotopic (exact) mass is 592 g/mol. The van der Waals surface area contributed by atoms with Crippen LogP contribution in [0.1, 0.15) is 0 Å². The zero-order valence-corrected chi connectivity index (χ0v) is 25.8. The molecule has 0 radical (unpaired) electrons. The minimum Gasteiger partial charge on any atom is -0.356 e. The van der Waals surface area contributed by atoms with Gasteiger partial charge in [-0.2, -0.15) is 36.4 Å². The Hall–Kier alpha value is -3.33. The first-order chi connectivity index (χ1) is 20.3. The maximum Gasteiger partial charge on any atom is 1.00 e. The van der Waals surface area contributed by atoms with Crippen LogP contribution in [-0.2, 0) is 0 Å². The Morgan fingerprint density at radius 3 is 1.48 bits per heavy atom. The molecule has 6 aromatic rings. The first-order valence-corrected chi connectivity index (χ1v) is 17.0. The van der Waals surface area contributed by atoms with Crippen LogP contribution in [0.5, 0.6) is 0 Å². The molecule has 8 rings (SSSR count). The summed E-state index contributed by atoms with van der Waals surface area (Å²) in [6.45, 7) is 0. The normalized spacial score (nSPS) is 15.0. The Bertz CT molecular complexity index is 1710. The van der Waals surface area contributed by atoms with E-state index in [-0.39, 0.29) is 18.9 Å². The number of fused-ring (bicyclic) bond motifs is 6. The summed E-state index contributed by atoms with van der Waals surface area (Å²) in [5, 5.41) is 11.1. The Balaban J connectivity index is 0.000000141. The summed E-state index contributed by atoms with van der Waals surface area (Å²) in [5.74, 6) is 0. The number of nitrogens with one attached hydrogen (secondary N) is 2. The molecule has 0 fully saturated rings. The number of para-hydroxylation sites is 2. The minimum absolute atomic E-state index is 0. The van der Waals surface area contributed by atoms with Crippen LogP contribution in [0.4, 0.5) is 11.4 Å². The SMILES string of the molecule is ClP1Nc2ccccc2-c2ccccc21.[Li+].[c-]1ccccc1.c1ccc(P2Nc3ccccc3-c3ccccc32)cc1. The zero-order chi connectivity index (χ0) is 27.9. The van der Waals surface area contributed by atoms with Crippen LogP contribution < -0.4 is 44.9 Å². The van der Waals surface area contributed by atoms with Crippen LogP contribution in [0.2, 0.25) is 0 Å². The van der Waals surface area contributed by atoms with Crippen molar-refractivity contribution in [2.24, 2.45) is 0 Å². The average molecular weight is 593 g/mol. The summed E-state index contributed by atoms with van der Waals surface area (Å²) in [5.41, 5.74) is 7.54. The topological polar surface area (TPSA) is 24.1 Å². The summed E-state index contributed by atoms with van der Waals surface area (Å²) >= 11 is 6.33. The van der Waals surface area contributed by atoms with Gasteiger partial charge in [0.2, 0.25) is 0 Å². The molecular formula is C36H28ClLiN2P2. The third kappa shape index (κ3) is 6.83. The van der Waals surface area contributed by atoms with Crippen LogP contribution in [0.15, 0.2) is 158 Å². The third-order valence-electron chi connectivity index (χ3n) is 6.77. The standard InChI is InChI=1S/C18H14NP.C12H9ClNP.C6H5.Li/c1-2-8-14(9-3-1)20-18-13-7-5-11-16(18)15-10-4-6-12-17(15)19-20;13-15-12-8-4-2-6-10(12)9-5-1-3-7-11(9)14-15;1-2-4-6-5-3-1;/h1-13,19H;1-8,14H;1-5H;/q;;-1;+1. The zero-order valence-electron chi connectivity index (χ0n) is 23.3. The molecule has 0 saturated heterocycles. The third-order valence-corrected chi connectivity index (χ3v) is 11.0. The first kappa shape index (κ1) is 30.1. The quantitative estimate of drug-likeness (QED) is 0.128. The van der Waals surface area contributed by atoms with Gasteiger partial charge in [-0.05, 0) is 23.3 Å². The second-order valence-corrected chi connectivity index (χ2v) is 13.6. The molecule has 0 aromatic heterocycles. The van der Waals surface area contributed by atoms with E-state index in [4.69, 9.17) is 11.2 Å². The van der Waals surface area contributed by atoms with Gasteiger partial charge in [0.25, 0.3) is 0 Å². The van der Waals surface area contributed by atoms with E-state index in [0.717, 1.165) is 5.69 Å². The molecule has 2 nitrogen and oxygen atoms in total. The van der Waals surface area contributed by atoms with Gasteiger partial charge < -0.3 is 10.2 Å². The summed E-state index contributed by atoms with van der Waals surface area (Å²) < 4.78 is 0. The fourth-order valence-electron chi connectivity index (χ4n) is 4.87. The van der Waals surface area contributed by atoms with Crippen molar-refractivity contribution in [3.05, 3.63) is 164 Å². The molecule has 2 aliphatic rings. The van der Waals surface area contributed by atoms with Gasteiger partial charge in [-0.1, -0.05) is 127 Å². The number of hydrogen-bond donors (Lipinski definition) is 2. The van der Waals surface area contributed by atoms with E-state index in [2.05, 4.69) is 132 Å². The smallest absolute Gasteiger partial charge is 0.356 e. The van der Waals surface area contributed by atoms with E-state index < -0.39 is 15.5 Å². The van der Waals surface area contributed by atoms with Gasteiger partial charge in [-0.15, -0.1) is 0 Å². The van der Waals surface area contributed by atoms with E-state index in [0.29, 0.717) is 0 Å². The molecule has 0 bridgehead atoms. The van der Waals surface area contributed by atoms with E-state index in [9.17, 15) is 0 Å². The predicted molar refractivity (Wildman–Crippen MR) is 181 cm³/mol. The molecule has 0 saturated carbocycles. The van der Waals surface area contributed by atoms with Crippen molar-refractivity contribution in [1.29, 1.82) is 0 Å². The summed E-state index contributed by atoms with van der Waals surface area (Å²) in [4.78, 5) is 0. The van der Waals surface area contributed by atoms with Gasteiger partial charge in [-0.25, -0.2) is 0 Å². The van der Waals surface area contributed by atoms with E-state index in [1.807, 2.05) is 42.5 Å². The molecule has 200 valence electrons. The van der Waals surface area contributed by atoms with E-state index in [1.54, 1.807) is 0 Å². The van der Waals surface area contributed by atoms with Crippen LogP contribution in [-0.4, -0.2) is 0 Å². The van der Waals surface area contributed by atoms with E-state index >= 15 is 0 Å². The fourth-order valence-corrected chi connectivity index (χ4v) is 8.84. The first-order valence-electron chi connectivity index (χ1n) is 13.4. The molecule has 2 aliphatic heterocycles. The minimum atomic E-state index is -0.772. The average Bonchev–Trinajstić information content (AvgIpc) is 3.06. The van der Waals surface area contributed by atoms with Crippen molar-refractivity contribution in [2.45, 2.75) is 0 Å². The summed E-state index contributed by atoms with van der Waals surface area (Å²) in [7, 11) is -1.29. The van der Waals surface area contributed by atoms with Gasteiger partial charge >= 0.3 is 18.9 Å². The number of hydrogen-bond acceptors (Lipinski definition) is 2. The molecule has 2 atom stereocenters. The molecule has 2 N–H and O–H groups in total. The van der Waals surface area contributed by atoms with Crippen molar-refractivity contribution in [1.82, 2.24) is 0 Å². The second kappa shape index (κ2) is 14.7. The Labute approximate surface area is 267 Å². The Morgan fingerprint density at radius 1 is 0.452 bits per heavy atom. The number of halogens is 1. The largest absolute Gasteiger partial charge is 1.00 e. The van der Waals surface area contributed by atoms with E-state index in [1.165, 1.54) is 43.9 Å². The molecule has 6 aromatic carbocycles. The maximum absolute atomic E-state index is 6.33. The van der Waals surface area contributed by atoms with Crippen molar-refractivity contribution in [3.8, 4) is 22.3 Å². The van der Waals surface area contributed by atoms with Gasteiger partial charge in [0.1, 0.15) is 7.43 Å². The molecule has 2 unspecified atom stereocenters. The fraction of sp³-hybridized carbons (Fsp3) is 0. The molecule has 6 heteroatoms. The van der Waals surface area contributed by atoms with Crippen LogP contribution in [0.25, 0.3) is 22.3 Å². The molecule has 42 heavy (non-hydrogen) atoms. The summed E-state index contributed by atoms with van der Waals surface area (Å²) in [6, 6.07) is 57.1. The maximum atomic E-state index is 6.33. The number of anilines is 2. The van der Waals surface area contributed by atoms with Gasteiger partial charge in [-0.3, -0.25) is 0 Å². The van der Waals surface area contributed by atoms with Crippen molar-refractivity contribution in [3.63, 3.8) is 0 Å². The number of rotatable bonds is 1. The van der Waals surface area contributed by atoms with Crippen LogP contribution >= 0.6 is 26.7 Å². The summed E-state index contributed by atoms with van der Waals surface area (Å²) in [6.07, 6.45) is 0. The van der Waals surface area contributed by atoms with Gasteiger partial charge in [0.05, 0.1) is 8.07 Å². The molecule has 0 spiro atoms. The van der Waals surface area contributed by atoms with Crippen molar-refractivity contribution < 1.29 is 18.9 Å². The molecular weight excluding hydrogens is 565 g/mol. The molecule has 2 heterocycles. The van der Waals surface area contributed by atoms with Gasteiger partial charge in [0.15, 0.2) is 0 Å². The van der Waals surface area contributed by atoms with Gasteiger partial charge in [0, 0.05) is 38.4 Å². The molecule has 0 aliphatic carbocycles. The van der Waals surface area contributed by atoms with Crippen LogP contribution in [0, 0.1) is 6.07 Å². The molecule has 0 amide bonds. The number of benzene rings is 6. The second-order valence-electron chi connectivity index (χ2n) is 9.38.